The van der Waals surface area contributed by atoms with Gasteiger partial charge in [0.25, 0.3) is 10.0 Å². The number of nitrogens with one attached hydrogen (secondary N) is 1. The van der Waals surface area contributed by atoms with Gasteiger partial charge in [-0.05, 0) is 67.9 Å². The lowest BCUT2D eigenvalue weighted by atomic mass is 10.1. The number of hydrogen-bond donors (Lipinski definition) is 1. The largest absolute Gasteiger partial charge is 0.494 e. The van der Waals surface area contributed by atoms with Crippen molar-refractivity contribution in [3.05, 3.63) is 89.4 Å². The first-order valence-electron chi connectivity index (χ1n) is 10.2. The van der Waals surface area contributed by atoms with Crippen LogP contribution < -0.4 is 14.4 Å². The van der Waals surface area contributed by atoms with E-state index < -0.39 is 15.9 Å². The Labute approximate surface area is 193 Å². The first-order valence-corrected chi connectivity index (χ1v) is 12.0. The third kappa shape index (κ3) is 5.81. The minimum Gasteiger partial charge on any atom is -0.494 e. The fourth-order valence-electron chi connectivity index (χ4n) is 3.17. The number of carbonyl (C=O) groups excluding carboxylic acids is 1. The van der Waals surface area contributed by atoms with Crippen LogP contribution in [0.2, 0.25) is 5.02 Å². The van der Waals surface area contributed by atoms with Crippen molar-refractivity contribution in [2.45, 2.75) is 24.8 Å². The maximum absolute atomic E-state index is 13.4. The molecular weight excluding hydrogens is 448 g/mol. The normalized spacial score (nSPS) is 12.1. The summed E-state index contributed by atoms with van der Waals surface area (Å²) in [6, 6.07) is 21.6. The van der Waals surface area contributed by atoms with Crippen molar-refractivity contribution in [1.82, 2.24) is 5.32 Å². The highest BCUT2D eigenvalue weighted by atomic mass is 35.5. The molecule has 0 saturated heterocycles. The van der Waals surface area contributed by atoms with Gasteiger partial charge >= 0.3 is 0 Å². The van der Waals surface area contributed by atoms with Gasteiger partial charge in [0, 0.05) is 5.02 Å². The molecule has 0 saturated carbocycles. The van der Waals surface area contributed by atoms with Crippen LogP contribution in [-0.4, -0.2) is 27.5 Å². The Bertz CT molecular complexity index is 1130. The van der Waals surface area contributed by atoms with E-state index in [9.17, 15) is 13.2 Å². The van der Waals surface area contributed by atoms with Gasteiger partial charge in [0.1, 0.15) is 12.3 Å². The van der Waals surface area contributed by atoms with Gasteiger partial charge in [0.2, 0.25) is 5.91 Å². The second-order valence-electron chi connectivity index (χ2n) is 7.09. The minimum atomic E-state index is -4.02. The maximum Gasteiger partial charge on any atom is 0.264 e. The minimum absolute atomic E-state index is 0.0414. The van der Waals surface area contributed by atoms with E-state index in [1.54, 1.807) is 24.3 Å². The maximum atomic E-state index is 13.4. The number of benzene rings is 3. The van der Waals surface area contributed by atoms with Gasteiger partial charge in [-0.3, -0.25) is 9.10 Å². The van der Waals surface area contributed by atoms with Crippen LogP contribution in [0, 0.1) is 0 Å². The average molecular weight is 473 g/mol. The number of amides is 1. The van der Waals surface area contributed by atoms with Crippen molar-refractivity contribution in [1.29, 1.82) is 0 Å². The van der Waals surface area contributed by atoms with E-state index in [1.807, 2.05) is 44.2 Å². The number of sulfonamides is 1. The Morgan fingerprint density at radius 1 is 1.00 bits per heavy atom. The molecule has 0 spiro atoms. The van der Waals surface area contributed by atoms with Gasteiger partial charge in [-0.25, -0.2) is 8.42 Å². The zero-order valence-corrected chi connectivity index (χ0v) is 19.4. The van der Waals surface area contributed by atoms with Gasteiger partial charge in [-0.15, -0.1) is 0 Å². The molecule has 0 aliphatic heterocycles. The molecule has 32 heavy (non-hydrogen) atoms. The molecule has 8 heteroatoms. The molecule has 0 aromatic heterocycles. The molecule has 1 atom stereocenters. The first kappa shape index (κ1) is 23.6. The zero-order chi connectivity index (χ0) is 23.1. The zero-order valence-electron chi connectivity index (χ0n) is 17.9. The van der Waals surface area contributed by atoms with Gasteiger partial charge in [0.15, 0.2) is 0 Å². The highest BCUT2D eigenvalue weighted by Gasteiger charge is 2.27. The van der Waals surface area contributed by atoms with Crippen LogP contribution in [0.4, 0.5) is 5.69 Å². The van der Waals surface area contributed by atoms with Crippen LogP contribution in [0.15, 0.2) is 83.8 Å². The summed E-state index contributed by atoms with van der Waals surface area (Å²) in [4.78, 5) is 12.9. The van der Waals surface area contributed by atoms with Crippen LogP contribution >= 0.6 is 11.6 Å². The lowest BCUT2D eigenvalue weighted by molar-refractivity contribution is -0.120. The Morgan fingerprint density at radius 2 is 1.62 bits per heavy atom. The summed E-state index contributed by atoms with van der Waals surface area (Å²) in [5.41, 5.74) is 1.28. The van der Waals surface area contributed by atoms with Crippen LogP contribution in [0.1, 0.15) is 25.5 Å². The fourth-order valence-corrected chi connectivity index (χ4v) is 4.71. The van der Waals surface area contributed by atoms with Gasteiger partial charge in [-0.1, -0.05) is 41.9 Å². The van der Waals surface area contributed by atoms with E-state index in [4.69, 9.17) is 16.3 Å². The topological polar surface area (TPSA) is 75.7 Å². The van der Waals surface area contributed by atoms with Gasteiger partial charge in [-0.2, -0.15) is 0 Å². The molecular formula is C24H25ClN2O4S. The molecule has 1 amide bonds. The number of rotatable bonds is 9. The number of nitrogens with zero attached hydrogens (tertiary/aromatic N) is 1. The molecule has 0 bridgehead atoms. The molecule has 3 aromatic carbocycles. The van der Waals surface area contributed by atoms with Crippen molar-refractivity contribution in [2.24, 2.45) is 0 Å². The first-order chi connectivity index (χ1) is 15.3. The molecule has 3 aromatic rings. The summed E-state index contributed by atoms with van der Waals surface area (Å²) in [7, 11) is -4.02. The second kappa shape index (κ2) is 10.5. The predicted octanol–water partition coefficient (Wildman–Crippen LogP) is 4.81. The van der Waals surface area contributed by atoms with E-state index in [0.29, 0.717) is 23.1 Å². The highest BCUT2D eigenvalue weighted by Crippen LogP contribution is 2.27. The summed E-state index contributed by atoms with van der Waals surface area (Å²) < 4.78 is 33.4. The fraction of sp³-hybridized carbons (Fsp3) is 0.208. The highest BCUT2D eigenvalue weighted by molar-refractivity contribution is 7.92. The number of carbonyl (C=O) groups is 1. The quantitative estimate of drug-likeness (QED) is 0.484. The monoisotopic (exact) mass is 472 g/mol. The van der Waals surface area contributed by atoms with Crippen LogP contribution in [0.25, 0.3) is 0 Å². The molecule has 0 fully saturated rings. The molecule has 1 N–H and O–H groups in total. The van der Waals surface area contributed by atoms with Crippen LogP contribution in [-0.2, 0) is 14.8 Å². The number of halogens is 1. The van der Waals surface area contributed by atoms with E-state index in [2.05, 4.69) is 5.32 Å². The van der Waals surface area contributed by atoms with E-state index >= 15 is 0 Å². The van der Waals surface area contributed by atoms with Crippen LogP contribution in [0.5, 0.6) is 5.75 Å². The number of anilines is 1. The summed E-state index contributed by atoms with van der Waals surface area (Å²) in [6.45, 7) is 3.83. The molecule has 0 heterocycles. The van der Waals surface area contributed by atoms with Crippen molar-refractivity contribution in [3.63, 3.8) is 0 Å². The molecule has 0 aliphatic rings. The van der Waals surface area contributed by atoms with Gasteiger partial charge in [0.05, 0.1) is 23.2 Å². The lowest BCUT2D eigenvalue weighted by Crippen LogP contribution is -2.41. The van der Waals surface area contributed by atoms with Crippen molar-refractivity contribution < 1.29 is 17.9 Å². The summed E-state index contributed by atoms with van der Waals surface area (Å²) in [5.74, 6) is 0.190. The molecule has 168 valence electrons. The lowest BCUT2D eigenvalue weighted by Gasteiger charge is -2.25. The number of hydrogen-bond acceptors (Lipinski definition) is 4. The third-order valence-corrected chi connectivity index (χ3v) is 6.84. The van der Waals surface area contributed by atoms with Crippen molar-refractivity contribution in [2.75, 3.05) is 17.5 Å². The standard InChI is InChI=1S/C24H25ClN2O4S/c1-3-31-22-13-11-21(12-14-22)27(32(29,30)23-15-9-20(25)10-16-23)17-24(28)26-18(2)19-7-5-4-6-8-19/h4-16,18H,3,17H2,1-2H3,(H,26,28)/t18-/m0/s1. The summed E-state index contributed by atoms with van der Waals surface area (Å²) >= 11 is 5.92. The number of ether oxygens (including phenoxy) is 1. The smallest absolute Gasteiger partial charge is 0.264 e. The Morgan fingerprint density at radius 3 is 2.22 bits per heavy atom. The van der Waals surface area contributed by atoms with Gasteiger partial charge < -0.3 is 10.1 Å². The molecule has 6 nitrogen and oxygen atoms in total. The van der Waals surface area contributed by atoms with E-state index in [1.165, 1.54) is 24.3 Å². The average Bonchev–Trinajstić information content (AvgIpc) is 2.79. The third-order valence-electron chi connectivity index (χ3n) is 4.80. The Kier molecular flexibility index (Phi) is 7.77. The summed E-state index contributed by atoms with van der Waals surface area (Å²) in [6.07, 6.45) is 0. The SMILES string of the molecule is CCOc1ccc(N(CC(=O)N[C@@H](C)c2ccccc2)S(=O)(=O)c2ccc(Cl)cc2)cc1. The predicted molar refractivity (Wildman–Crippen MR) is 127 cm³/mol. The van der Waals surface area contributed by atoms with Crippen molar-refractivity contribution in [3.8, 4) is 5.75 Å². The molecule has 0 aliphatic carbocycles. The molecule has 0 radical (unpaired) electrons. The Balaban J connectivity index is 1.89. The van der Waals surface area contributed by atoms with E-state index in [-0.39, 0.29) is 17.5 Å². The summed E-state index contributed by atoms with van der Waals surface area (Å²) in [5, 5.41) is 3.29. The molecule has 3 rings (SSSR count). The van der Waals surface area contributed by atoms with Crippen LogP contribution in [0.3, 0.4) is 0 Å². The second-order valence-corrected chi connectivity index (χ2v) is 9.39. The van der Waals surface area contributed by atoms with E-state index in [0.717, 1.165) is 9.87 Å². The van der Waals surface area contributed by atoms with Crippen molar-refractivity contribution >= 4 is 33.2 Å². The Hall–Kier alpha value is -3.03. The molecule has 0 unspecified atom stereocenters.